The van der Waals surface area contributed by atoms with E-state index >= 15 is 0 Å². The van der Waals surface area contributed by atoms with Crippen molar-refractivity contribution in [3.05, 3.63) is 61.2 Å². The average molecular weight is 221 g/mol. The first-order chi connectivity index (χ1) is 8.38. The molecule has 0 saturated carbocycles. The highest BCUT2D eigenvalue weighted by Gasteiger charge is 2.03. The smallest absolute Gasteiger partial charge is 0.132 e. The predicted octanol–water partition coefficient (Wildman–Crippen LogP) is 4.55. The van der Waals surface area contributed by atoms with Gasteiger partial charge >= 0.3 is 0 Å². The Kier molecular flexibility index (Phi) is 2.45. The predicted molar refractivity (Wildman–Crippen MR) is 72.1 cm³/mol. The lowest BCUT2D eigenvalue weighted by molar-refractivity contribution is 0.421. The van der Waals surface area contributed by atoms with E-state index in [1.165, 1.54) is 16.2 Å². The van der Waals surface area contributed by atoms with Crippen LogP contribution in [0.1, 0.15) is 6.92 Å². The highest BCUT2D eigenvalue weighted by molar-refractivity contribution is 6.00. The quantitative estimate of drug-likeness (QED) is 0.577. The van der Waals surface area contributed by atoms with E-state index in [0.717, 1.165) is 11.1 Å². The lowest BCUT2D eigenvalue weighted by Gasteiger charge is -2.08. The van der Waals surface area contributed by atoms with E-state index in [1.807, 2.05) is 19.1 Å². The van der Waals surface area contributed by atoms with Crippen LogP contribution in [0.25, 0.3) is 21.5 Å². The van der Waals surface area contributed by atoms with Crippen molar-refractivity contribution in [2.45, 2.75) is 6.92 Å². The molecule has 0 bridgehead atoms. The van der Waals surface area contributed by atoms with Gasteiger partial charge in [-0.25, -0.2) is 0 Å². The summed E-state index contributed by atoms with van der Waals surface area (Å²) in [5.74, 6) is 0.913. The lowest BCUT2D eigenvalue weighted by Crippen LogP contribution is -1.87. The molecule has 0 fully saturated rings. The molecule has 0 saturated heterocycles. The number of hydrogen-bond acceptors (Lipinski definition) is 1. The lowest BCUT2D eigenvalue weighted by atomic mass is 10.0. The van der Waals surface area contributed by atoms with Gasteiger partial charge in [-0.05, 0) is 41.3 Å². The first-order valence-electron chi connectivity index (χ1n) is 5.74. The van der Waals surface area contributed by atoms with Crippen LogP contribution in [0.3, 0.4) is 0 Å². The zero-order chi connectivity index (χ0) is 11.7. The summed E-state index contributed by atoms with van der Waals surface area (Å²) in [6.07, 6.45) is 0. The van der Waals surface area contributed by atoms with Crippen LogP contribution in [-0.2, 0) is 0 Å². The largest absolute Gasteiger partial charge is 0.486 e. The molecule has 1 nitrogen and oxygen atoms in total. The van der Waals surface area contributed by atoms with Crippen LogP contribution in [-0.4, -0.2) is 0 Å². The maximum atomic E-state index is 5.54. The summed E-state index contributed by atoms with van der Waals surface area (Å²) in [5.41, 5.74) is 0. The first kappa shape index (κ1) is 10.2. The van der Waals surface area contributed by atoms with Gasteiger partial charge in [0.25, 0.3) is 0 Å². The Morgan fingerprint density at radius 1 is 0.824 bits per heavy atom. The van der Waals surface area contributed by atoms with Crippen LogP contribution in [0.5, 0.6) is 5.75 Å². The number of benzene rings is 3. The first-order valence-corrected chi connectivity index (χ1v) is 5.74. The van der Waals surface area contributed by atoms with Gasteiger partial charge in [-0.3, -0.25) is 0 Å². The molecule has 0 heterocycles. The fourth-order valence-corrected chi connectivity index (χ4v) is 2.17. The summed E-state index contributed by atoms with van der Waals surface area (Å²) in [6.45, 7) is 3.60. The van der Waals surface area contributed by atoms with Crippen molar-refractivity contribution in [1.82, 2.24) is 0 Å². The summed E-state index contributed by atoms with van der Waals surface area (Å²) in [7, 11) is 0. The van der Waals surface area contributed by atoms with E-state index in [9.17, 15) is 0 Å². The average Bonchev–Trinajstić information content (AvgIpc) is 2.37. The molecule has 17 heavy (non-hydrogen) atoms. The zero-order valence-electron chi connectivity index (χ0n) is 9.68. The molecule has 3 rings (SSSR count). The van der Waals surface area contributed by atoms with Crippen molar-refractivity contribution in [2.24, 2.45) is 0 Å². The standard InChI is InChI=1S/C16H13O/c1-2-17-16-9-5-8-14-10-12-6-3-4-7-13(12)11-15(14)16/h2-11H,1H3. The van der Waals surface area contributed by atoms with Gasteiger partial charge in [0.1, 0.15) is 12.4 Å². The number of rotatable bonds is 2. The second kappa shape index (κ2) is 4.10. The van der Waals surface area contributed by atoms with Crippen molar-refractivity contribution in [1.29, 1.82) is 0 Å². The molecule has 0 N–H and O–H groups in total. The molecule has 0 amide bonds. The summed E-state index contributed by atoms with van der Waals surface area (Å²) >= 11 is 0. The van der Waals surface area contributed by atoms with Gasteiger partial charge in [0.15, 0.2) is 0 Å². The van der Waals surface area contributed by atoms with Gasteiger partial charge in [-0.1, -0.05) is 36.4 Å². The molecule has 0 unspecified atom stereocenters. The second-order valence-electron chi connectivity index (χ2n) is 4.03. The molecule has 0 aliphatic carbocycles. The van der Waals surface area contributed by atoms with E-state index in [4.69, 9.17) is 4.74 Å². The molecule has 0 atom stereocenters. The van der Waals surface area contributed by atoms with Crippen LogP contribution in [0.2, 0.25) is 0 Å². The van der Waals surface area contributed by atoms with Gasteiger partial charge in [-0.2, -0.15) is 0 Å². The van der Waals surface area contributed by atoms with Gasteiger partial charge in [0, 0.05) is 5.39 Å². The Hall–Kier alpha value is -2.02. The third-order valence-corrected chi connectivity index (χ3v) is 2.95. The van der Waals surface area contributed by atoms with E-state index in [-0.39, 0.29) is 0 Å². The fourth-order valence-electron chi connectivity index (χ4n) is 2.17. The highest BCUT2D eigenvalue weighted by atomic mass is 16.5. The van der Waals surface area contributed by atoms with Crippen molar-refractivity contribution in [3.8, 4) is 5.75 Å². The Balaban J connectivity index is 2.35. The summed E-state index contributed by atoms with van der Waals surface area (Å²) in [4.78, 5) is 0. The van der Waals surface area contributed by atoms with Crippen LogP contribution in [0, 0.1) is 6.61 Å². The van der Waals surface area contributed by atoms with Crippen molar-refractivity contribution >= 4 is 21.5 Å². The molecule has 0 aliphatic heterocycles. The van der Waals surface area contributed by atoms with Gasteiger partial charge in [0.2, 0.25) is 0 Å². The SMILES string of the molecule is C[CH]Oc1cccc2cc3ccccc3cc12. The topological polar surface area (TPSA) is 9.23 Å². The van der Waals surface area contributed by atoms with E-state index < -0.39 is 0 Å². The fraction of sp³-hybridized carbons (Fsp3) is 0.0625. The molecule has 0 aliphatic rings. The molecule has 0 spiro atoms. The van der Waals surface area contributed by atoms with E-state index in [0.29, 0.717) is 0 Å². The van der Waals surface area contributed by atoms with Crippen LogP contribution < -0.4 is 4.74 Å². The summed E-state index contributed by atoms with van der Waals surface area (Å²) in [6, 6.07) is 18.9. The van der Waals surface area contributed by atoms with Crippen LogP contribution in [0.4, 0.5) is 0 Å². The normalized spacial score (nSPS) is 10.9. The Bertz CT molecular complexity index is 670. The van der Waals surface area contributed by atoms with Gasteiger partial charge in [-0.15, -0.1) is 0 Å². The number of fused-ring (bicyclic) bond motifs is 2. The maximum Gasteiger partial charge on any atom is 0.132 e. The molecular formula is C16H13O. The molecule has 83 valence electrons. The second-order valence-corrected chi connectivity index (χ2v) is 4.03. The molecule has 0 aromatic heterocycles. The van der Waals surface area contributed by atoms with Crippen molar-refractivity contribution in [3.63, 3.8) is 0 Å². The van der Waals surface area contributed by atoms with Crippen molar-refractivity contribution in [2.75, 3.05) is 0 Å². The summed E-state index contributed by atoms with van der Waals surface area (Å²) < 4.78 is 5.54. The van der Waals surface area contributed by atoms with E-state index in [2.05, 4.69) is 42.5 Å². The minimum atomic E-state index is 0.913. The molecule has 1 radical (unpaired) electrons. The third kappa shape index (κ3) is 1.74. The maximum absolute atomic E-state index is 5.54. The Morgan fingerprint density at radius 2 is 1.53 bits per heavy atom. The molecule has 1 heteroatoms. The van der Waals surface area contributed by atoms with Crippen molar-refractivity contribution < 1.29 is 4.74 Å². The van der Waals surface area contributed by atoms with Crippen LogP contribution in [0.15, 0.2) is 54.6 Å². The highest BCUT2D eigenvalue weighted by Crippen LogP contribution is 2.30. The number of hydrogen-bond donors (Lipinski definition) is 0. The number of ether oxygens (including phenoxy) is 1. The monoisotopic (exact) mass is 221 g/mol. The molecule has 3 aromatic carbocycles. The van der Waals surface area contributed by atoms with E-state index in [1.54, 1.807) is 6.61 Å². The zero-order valence-corrected chi connectivity index (χ0v) is 9.68. The third-order valence-electron chi connectivity index (χ3n) is 2.95. The van der Waals surface area contributed by atoms with Gasteiger partial charge in [0.05, 0.1) is 0 Å². The minimum Gasteiger partial charge on any atom is -0.486 e. The molecule has 3 aromatic rings. The molecular weight excluding hydrogens is 208 g/mol. The Labute approximate surface area is 101 Å². The minimum absolute atomic E-state index is 0.913. The van der Waals surface area contributed by atoms with Gasteiger partial charge < -0.3 is 4.74 Å². The van der Waals surface area contributed by atoms with Crippen LogP contribution >= 0.6 is 0 Å². The Morgan fingerprint density at radius 3 is 2.29 bits per heavy atom. The summed E-state index contributed by atoms with van der Waals surface area (Å²) in [5, 5.41) is 4.87.